The summed E-state index contributed by atoms with van der Waals surface area (Å²) < 4.78 is 32.0. The summed E-state index contributed by atoms with van der Waals surface area (Å²) in [6.45, 7) is 5.24. The van der Waals surface area contributed by atoms with E-state index in [9.17, 15) is 8.78 Å². The van der Waals surface area contributed by atoms with Crippen molar-refractivity contribution in [1.82, 2.24) is 15.1 Å². The van der Waals surface area contributed by atoms with Crippen LogP contribution in [-0.2, 0) is 18.8 Å². The van der Waals surface area contributed by atoms with Crippen LogP contribution in [0.2, 0.25) is 0 Å². The van der Waals surface area contributed by atoms with Crippen molar-refractivity contribution in [3.63, 3.8) is 0 Å². The van der Waals surface area contributed by atoms with Gasteiger partial charge in [0, 0.05) is 17.8 Å². The predicted molar refractivity (Wildman–Crippen MR) is 99.6 cm³/mol. The minimum Gasteiger partial charge on any atom is -0.464 e. The Morgan fingerprint density at radius 3 is 2.54 bits per heavy atom. The molecule has 0 saturated carbocycles. The standard InChI is InChI=1S/C19H21F2N3OS/c1-13-18(14(2)24(23-13)15-6-4-3-5-7-15)11-22-10-16-8-9-17(25-16)12-26-19(20)21/h3-9,19,22H,10-12H2,1-2H3. The summed E-state index contributed by atoms with van der Waals surface area (Å²) >= 11 is 0.564. The first-order valence-corrected chi connectivity index (χ1v) is 9.38. The van der Waals surface area contributed by atoms with Crippen molar-refractivity contribution < 1.29 is 13.2 Å². The molecule has 0 saturated heterocycles. The van der Waals surface area contributed by atoms with Gasteiger partial charge in [0.2, 0.25) is 0 Å². The number of para-hydroxylation sites is 1. The minimum absolute atomic E-state index is 0.180. The van der Waals surface area contributed by atoms with E-state index in [4.69, 9.17) is 4.42 Å². The molecule has 26 heavy (non-hydrogen) atoms. The second-order valence-corrected chi connectivity index (χ2v) is 6.92. The first kappa shape index (κ1) is 18.7. The van der Waals surface area contributed by atoms with Crippen molar-refractivity contribution in [3.8, 4) is 5.69 Å². The SMILES string of the molecule is Cc1nn(-c2ccccc2)c(C)c1CNCc1ccc(CSC(F)F)o1. The molecule has 0 aliphatic carbocycles. The van der Waals surface area contributed by atoms with Gasteiger partial charge >= 0.3 is 0 Å². The van der Waals surface area contributed by atoms with Crippen LogP contribution >= 0.6 is 11.8 Å². The molecule has 0 aliphatic rings. The zero-order chi connectivity index (χ0) is 18.5. The molecule has 0 aliphatic heterocycles. The molecular formula is C19H21F2N3OS. The number of hydrogen-bond donors (Lipinski definition) is 1. The summed E-state index contributed by atoms with van der Waals surface area (Å²) in [5.74, 6) is -0.898. The Balaban J connectivity index is 1.60. The fourth-order valence-corrected chi connectivity index (χ4v) is 3.25. The van der Waals surface area contributed by atoms with Gasteiger partial charge in [-0.15, -0.1) is 0 Å². The number of aryl methyl sites for hydroxylation is 1. The molecule has 0 atom stereocenters. The number of furan rings is 1. The molecule has 0 radical (unpaired) electrons. The Bertz CT molecular complexity index is 846. The van der Waals surface area contributed by atoms with E-state index in [0.29, 0.717) is 30.6 Å². The van der Waals surface area contributed by atoms with E-state index in [1.165, 1.54) is 0 Å². The summed E-state index contributed by atoms with van der Waals surface area (Å²) in [6.07, 6.45) is 0. The van der Waals surface area contributed by atoms with Gasteiger partial charge in [-0.1, -0.05) is 30.0 Å². The topological polar surface area (TPSA) is 43.0 Å². The van der Waals surface area contributed by atoms with Crippen LogP contribution in [0.15, 0.2) is 46.9 Å². The van der Waals surface area contributed by atoms with Crippen molar-refractivity contribution in [3.05, 3.63) is 70.9 Å². The molecule has 1 N–H and O–H groups in total. The first-order valence-electron chi connectivity index (χ1n) is 8.33. The zero-order valence-electron chi connectivity index (χ0n) is 14.7. The summed E-state index contributed by atoms with van der Waals surface area (Å²) in [7, 11) is 0. The fourth-order valence-electron chi connectivity index (χ4n) is 2.80. The zero-order valence-corrected chi connectivity index (χ0v) is 15.5. The van der Waals surface area contributed by atoms with Crippen molar-refractivity contribution in [1.29, 1.82) is 0 Å². The predicted octanol–water partition coefficient (Wildman–Crippen LogP) is 4.83. The second-order valence-electron chi connectivity index (χ2n) is 5.94. The van der Waals surface area contributed by atoms with E-state index in [2.05, 4.69) is 17.3 Å². The highest BCUT2D eigenvalue weighted by atomic mass is 32.2. The van der Waals surface area contributed by atoms with Gasteiger partial charge in [-0.3, -0.25) is 0 Å². The van der Waals surface area contributed by atoms with E-state index >= 15 is 0 Å². The van der Waals surface area contributed by atoms with Crippen molar-refractivity contribution in [2.45, 2.75) is 38.4 Å². The lowest BCUT2D eigenvalue weighted by Crippen LogP contribution is -2.13. The molecule has 2 heterocycles. The number of benzene rings is 1. The third-order valence-corrected chi connectivity index (χ3v) is 4.81. The highest BCUT2D eigenvalue weighted by Gasteiger charge is 2.13. The summed E-state index contributed by atoms with van der Waals surface area (Å²) in [4.78, 5) is 0. The van der Waals surface area contributed by atoms with Gasteiger partial charge in [-0.2, -0.15) is 13.9 Å². The second kappa shape index (κ2) is 8.51. The lowest BCUT2D eigenvalue weighted by atomic mass is 10.2. The molecular weight excluding hydrogens is 356 g/mol. The van der Waals surface area contributed by atoms with Gasteiger partial charge in [0.1, 0.15) is 11.5 Å². The van der Waals surface area contributed by atoms with Gasteiger partial charge in [-0.25, -0.2) is 4.68 Å². The molecule has 2 aromatic heterocycles. The number of hydrogen-bond acceptors (Lipinski definition) is 4. The lowest BCUT2D eigenvalue weighted by molar-refractivity contribution is 0.251. The maximum absolute atomic E-state index is 12.2. The van der Waals surface area contributed by atoms with Crippen LogP contribution in [0.25, 0.3) is 5.69 Å². The van der Waals surface area contributed by atoms with Crippen molar-refractivity contribution in [2.24, 2.45) is 0 Å². The summed E-state index contributed by atoms with van der Waals surface area (Å²) in [5.41, 5.74) is 4.25. The van der Waals surface area contributed by atoms with Crippen LogP contribution in [0.3, 0.4) is 0 Å². The maximum Gasteiger partial charge on any atom is 0.284 e. The molecule has 0 amide bonds. The third kappa shape index (κ3) is 4.53. The number of aromatic nitrogens is 2. The number of nitrogens with zero attached hydrogens (tertiary/aromatic N) is 2. The number of rotatable bonds is 8. The Hall–Kier alpha value is -2.12. The normalized spacial score (nSPS) is 11.4. The van der Waals surface area contributed by atoms with E-state index in [1.807, 2.05) is 48.0 Å². The summed E-state index contributed by atoms with van der Waals surface area (Å²) in [5, 5.41) is 7.97. The van der Waals surface area contributed by atoms with Crippen molar-refractivity contribution >= 4 is 11.8 Å². The number of thioether (sulfide) groups is 1. The highest BCUT2D eigenvalue weighted by Crippen LogP contribution is 2.21. The molecule has 3 rings (SSSR count). The first-order chi connectivity index (χ1) is 12.5. The Morgan fingerprint density at radius 1 is 1.08 bits per heavy atom. The minimum atomic E-state index is -2.38. The third-order valence-electron chi connectivity index (χ3n) is 4.11. The smallest absolute Gasteiger partial charge is 0.284 e. The monoisotopic (exact) mass is 377 g/mol. The Labute approximate surface area is 155 Å². The molecule has 0 fully saturated rings. The van der Waals surface area contributed by atoms with Gasteiger partial charge < -0.3 is 9.73 Å². The summed E-state index contributed by atoms with van der Waals surface area (Å²) in [6, 6.07) is 13.6. The number of alkyl halides is 2. The van der Waals surface area contributed by atoms with E-state index < -0.39 is 5.76 Å². The Morgan fingerprint density at radius 2 is 1.81 bits per heavy atom. The molecule has 138 valence electrons. The van der Waals surface area contributed by atoms with Crippen LogP contribution in [0.5, 0.6) is 0 Å². The molecule has 0 spiro atoms. The van der Waals surface area contributed by atoms with Crippen LogP contribution in [0.1, 0.15) is 28.5 Å². The van der Waals surface area contributed by atoms with Gasteiger partial charge in [0.15, 0.2) is 0 Å². The van der Waals surface area contributed by atoms with Crippen LogP contribution in [0.4, 0.5) is 8.78 Å². The molecule has 4 nitrogen and oxygen atoms in total. The van der Waals surface area contributed by atoms with Gasteiger partial charge in [0.05, 0.1) is 23.7 Å². The van der Waals surface area contributed by atoms with Gasteiger partial charge in [0.25, 0.3) is 5.76 Å². The van der Waals surface area contributed by atoms with Crippen LogP contribution in [-0.4, -0.2) is 15.5 Å². The van der Waals surface area contributed by atoms with Crippen molar-refractivity contribution in [2.75, 3.05) is 0 Å². The Kier molecular flexibility index (Phi) is 6.11. The molecule has 0 bridgehead atoms. The van der Waals surface area contributed by atoms with E-state index in [-0.39, 0.29) is 5.75 Å². The number of halogens is 2. The molecule has 1 aromatic carbocycles. The average Bonchev–Trinajstić information content (AvgIpc) is 3.20. The van der Waals surface area contributed by atoms with Gasteiger partial charge in [-0.05, 0) is 38.1 Å². The maximum atomic E-state index is 12.2. The fraction of sp³-hybridized carbons (Fsp3) is 0.316. The largest absolute Gasteiger partial charge is 0.464 e. The molecule has 3 aromatic rings. The highest BCUT2D eigenvalue weighted by molar-refractivity contribution is 7.98. The van der Waals surface area contributed by atoms with Crippen LogP contribution in [0, 0.1) is 13.8 Å². The van der Waals surface area contributed by atoms with Crippen LogP contribution < -0.4 is 5.32 Å². The molecule has 0 unspecified atom stereocenters. The number of nitrogens with one attached hydrogen (secondary N) is 1. The quantitative estimate of drug-likeness (QED) is 0.611. The average molecular weight is 377 g/mol. The lowest BCUT2D eigenvalue weighted by Gasteiger charge is -2.06. The van der Waals surface area contributed by atoms with E-state index in [0.717, 1.165) is 28.4 Å². The molecule has 7 heteroatoms. The van der Waals surface area contributed by atoms with E-state index in [1.54, 1.807) is 6.07 Å².